The number of para-hydroxylation sites is 1. The second-order valence-electron chi connectivity index (χ2n) is 6.10. The lowest BCUT2D eigenvalue weighted by molar-refractivity contribution is -0.385. The van der Waals surface area contributed by atoms with Crippen molar-refractivity contribution >= 4 is 17.6 Å². The van der Waals surface area contributed by atoms with Gasteiger partial charge in [0.2, 0.25) is 5.91 Å². The van der Waals surface area contributed by atoms with Gasteiger partial charge in [0.05, 0.1) is 24.0 Å². The SMILES string of the molecule is COC(=O)[C@@H](Cc1ccccc1[N+](=O)[O-])NC(=O)Cc1ccc(C(F)(F)F)cc1. The van der Waals surface area contributed by atoms with E-state index < -0.39 is 34.6 Å². The van der Waals surface area contributed by atoms with E-state index in [-0.39, 0.29) is 24.1 Å². The second-order valence-corrected chi connectivity index (χ2v) is 6.10. The zero-order chi connectivity index (χ0) is 21.6. The minimum absolute atomic E-state index is 0.178. The number of nitrogens with zero attached hydrogens (tertiary/aromatic N) is 1. The molecule has 2 aromatic rings. The summed E-state index contributed by atoms with van der Waals surface area (Å²) in [6, 6.07) is 8.60. The van der Waals surface area contributed by atoms with E-state index in [1.165, 1.54) is 18.2 Å². The third-order valence-corrected chi connectivity index (χ3v) is 4.08. The highest BCUT2D eigenvalue weighted by Gasteiger charge is 2.30. The van der Waals surface area contributed by atoms with Crippen LogP contribution in [0.3, 0.4) is 0 Å². The van der Waals surface area contributed by atoms with Crippen LogP contribution in [0, 0.1) is 10.1 Å². The molecule has 10 heteroatoms. The van der Waals surface area contributed by atoms with Crippen molar-refractivity contribution in [3.8, 4) is 0 Å². The van der Waals surface area contributed by atoms with Gasteiger partial charge in [-0.25, -0.2) is 4.79 Å². The number of rotatable bonds is 7. The maximum atomic E-state index is 12.6. The Labute approximate surface area is 163 Å². The van der Waals surface area contributed by atoms with E-state index in [0.717, 1.165) is 31.4 Å². The van der Waals surface area contributed by atoms with E-state index in [4.69, 9.17) is 0 Å². The number of carbonyl (C=O) groups excluding carboxylic acids is 2. The van der Waals surface area contributed by atoms with Crippen molar-refractivity contribution < 1.29 is 32.4 Å². The number of alkyl halides is 3. The summed E-state index contributed by atoms with van der Waals surface area (Å²) in [6.07, 6.45) is -4.94. The van der Waals surface area contributed by atoms with Crippen LogP contribution < -0.4 is 5.32 Å². The molecule has 2 rings (SSSR count). The monoisotopic (exact) mass is 410 g/mol. The molecule has 1 N–H and O–H groups in total. The molecule has 0 aliphatic carbocycles. The van der Waals surface area contributed by atoms with Crippen LogP contribution in [0.15, 0.2) is 48.5 Å². The number of amides is 1. The first-order valence-electron chi connectivity index (χ1n) is 8.37. The Kier molecular flexibility index (Phi) is 6.92. The van der Waals surface area contributed by atoms with Gasteiger partial charge in [0, 0.05) is 18.1 Å². The number of nitro groups is 1. The maximum Gasteiger partial charge on any atom is 0.416 e. The average Bonchev–Trinajstić information content (AvgIpc) is 2.66. The summed E-state index contributed by atoms with van der Waals surface area (Å²) >= 11 is 0. The van der Waals surface area contributed by atoms with Crippen LogP contribution in [-0.4, -0.2) is 30.0 Å². The topological polar surface area (TPSA) is 98.5 Å². The van der Waals surface area contributed by atoms with E-state index in [1.54, 1.807) is 6.07 Å². The van der Waals surface area contributed by atoms with Crippen LogP contribution in [0.2, 0.25) is 0 Å². The molecule has 0 aliphatic heterocycles. The zero-order valence-electron chi connectivity index (χ0n) is 15.2. The molecular weight excluding hydrogens is 393 g/mol. The van der Waals surface area contributed by atoms with E-state index in [1.807, 2.05) is 0 Å². The summed E-state index contributed by atoms with van der Waals surface area (Å²) in [5.41, 5.74) is -0.517. The number of esters is 1. The highest BCUT2D eigenvalue weighted by atomic mass is 19.4. The molecule has 0 saturated heterocycles. The Morgan fingerprint density at radius 3 is 2.31 bits per heavy atom. The molecule has 2 aromatic carbocycles. The summed E-state index contributed by atoms with van der Waals surface area (Å²) < 4.78 is 42.4. The van der Waals surface area contributed by atoms with Gasteiger partial charge in [-0.1, -0.05) is 30.3 Å². The van der Waals surface area contributed by atoms with Crippen molar-refractivity contribution in [2.24, 2.45) is 0 Å². The molecule has 0 aromatic heterocycles. The Balaban J connectivity index is 2.11. The molecule has 0 radical (unpaired) electrons. The largest absolute Gasteiger partial charge is 0.467 e. The summed E-state index contributed by atoms with van der Waals surface area (Å²) in [6.45, 7) is 0. The maximum absolute atomic E-state index is 12.6. The number of carbonyl (C=O) groups is 2. The predicted octanol–water partition coefficient (Wildman–Crippen LogP) is 3.06. The summed E-state index contributed by atoms with van der Waals surface area (Å²) in [5.74, 6) is -1.44. The Hall–Kier alpha value is -3.43. The number of hydrogen-bond donors (Lipinski definition) is 1. The second kappa shape index (κ2) is 9.18. The minimum atomic E-state index is -4.48. The van der Waals surface area contributed by atoms with Gasteiger partial charge in [-0.3, -0.25) is 14.9 Å². The molecule has 1 amide bonds. The molecule has 154 valence electrons. The molecule has 1 atom stereocenters. The molecule has 0 saturated carbocycles. The Morgan fingerprint density at radius 1 is 1.14 bits per heavy atom. The molecule has 0 aliphatic rings. The van der Waals surface area contributed by atoms with E-state index >= 15 is 0 Å². The highest BCUT2D eigenvalue weighted by Crippen LogP contribution is 2.29. The number of halogens is 3. The normalized spacial score (nSPS) is 12.1. The number of benzene rings is 2. The first-order chi connectivity index (χ1) is 13.6. The minimum Gasteiger partial charge on any atom is -0.467 e. The van der Waals surface area contributed by atoms with Gasteiger partial charge < -0.3 is 10.1 Å². The Bertz CT molecular complexity index is 897. The summed E-state index contributed by atoms with van der Waals surface area (Å²) in [4.78, 5) is 34.8. The van der Waals surface area contributed by atoms with Crippen molar-refractivity contribution in [2.75, 3.05) is 7.11 Å². The van der Waals surface area contributed by atoms with Crippen molar-refractivity contribution in [3.63, 3.8) is 0 Å². The lowest BCUT2D eigenvalue weighted by Crippen LogP contribution is -2.43. The number of methoxy groups -OCH3 is 1. The third-order valence-electron chi connectivity index (χ3n) is 4.08. The lowest BCUT2D eigenvalue weighted by atomic mass is 10.0. The van der Waals surface area contributed by atoms with Crippen LogP contribution in [0.5, 0.6) is 0 Å². The molecule has 0 bridgehead atoms. The standard InChI is InChI=1S/C19H17F3N2O5/c1-29-18(26)15(11-13-4-2-3-5-16(13)24(27)28)23-17(25)10-12-6-8-14(9-7-12)19(20,21)22/h2-9,15H,10-11H2,1H3,(H,23,25)/t15-/m1/s1. The van der Waals surface area contributed by atoms with E-state index in [0.29, 0.717) is 5.56 Å². The summed E-state index contributed by atoms with van der Waals surface area (Å²) in [5, 5.41) is 13.5. The number of nitro benzene ring substituents is 1. The number of hydrogen-bond acceptors (Lipinski definition) is 5. The fraction of sp³-hybridized carbons (Fsp3) is 0.263. The molecular formula is C19H17F3N2O5. The summed E-state index contributed by atoms with van der Waals surface area (Å²) in [7, 11) is 1.11. The van der Waals surface area contributed by atoms with Crippen LogP contribution in [0.1, 0.15) is 16.7 Å². The fourth-order valence-electron chi connectivity index (χ4n) is 2.66. The molecule has 0 fully saturated rings. The molecule has 7 nitrogen and oxygen atoms in total. The Morgan fingerprint density at radius 2 is 1.76 bits per heavy atom. The fourth-order valence-corrected chi connectivity index (χ4v) is 2.66. The van der Waals surface area contributed by atoms with E-state index in [9.17, 15) is 32.9 Å². The van der Waals surface area contributed by atoms with E-state index in [2.05, 4.69) is 10.1 Å². The first-order valence-corrected chi connectivity index (χ1v) is 8.37. The molecule has 0 spiro atoms. The molecule has 0 heterocycles. The van der Waals surface area contributed by atoms with Crippen molar-refractivity contribution in [1.29, 1.82) is 0 Å². The van der Waals surface area contributed by atoms with Gasteiger partial charge in [-0.15, -0.1) is 0 Å². The smallest absolute Gasteiger partial charge is 0.416 e. The predicted molar refractivity (Wildman–Crippen MR) is 95.9 cm³/mol. The average molecular weight is 410 g/mol. The van der Waals surface area contributed by atoms with Crippen LogP contribution in [0.4, 0.5) is 18.9 Å². The molecule has 0 unspecified atom stereocenters. The zero-order valence-corrected chi connectivity index (χ0v) is 15.2. The third kappa shape index (κ3) is 6.03. The number of nitrogens with one attached hydrogen (secondary N) is 1. The van der Waals surface area contributed by atoms with Gasteiger partial charge in [0.25, 0.3) is 5.69 Å². The van der Waals surface area contributed by atoms with Gasteiger partial charge in [-0.05, 0) is 17.7 Å². The van der Waals surface area contributed by atoms with Crippen LogP contribution >= 0.6 is 0 Å². The quantitative estimate of drug-likeness (QED) is 0.430. The van der Waals surface area contributed by atoms with Gasteiger partial charge in [0.1, 0.15) is 6.04 Å². The van der Waals surface area contributed by atoms with Crippen molar-refractivity contribution in [3.05, 3.63) is 75.3 Å². The lowest BCUT2D eigenvalue weighted by Gasteiger charge is -2.17. The van der Waals surface area contributed by atoms with Crippen LogP contribution in [0.25, 0.3) is 0 Å². The molecule has 29 heavy (non-hydrogen) atoms. The van der Waals surface area contributed by atoms with Gasteiger partial charge in [-0.2, -0.15) is 13.2 Å². The van der Waals surface area contributed by atoms with Gasteiger partial charge >= 0.3 is 12.1 Å². The number of ether oxygens (including phenoxy) is 1. The van der Waals surface area contributed by atoms with Crippen LogP contribution in [-0.2, 0) is 33.3 Å². The highest BCUT2D eigenvalue weighted by molar-refractivity contribution is 5.86. The van der Waals surface area contributed by atoms with Gasteiger partial charge in [0.15, 0.2) is 0 Å². The van der Waals surface area contributed by atoms with Crippen molar-refractivity contribution in [1.82, 2.24) is 5.32 Å². The first kappa shape index (κ1) is 21.9. The van der Waals surface area contributed by atoms with Crippen molar-refractivity contribution in [2.45, 2.75) is 25.1 Å².